The number of fused-ring (bicyclic) bond motifs is 2. The highest BCUT2D eigenvalue weighted by Crippen LogP contribution is 2.33. The van der Waals surface area contributed by atoms with Crippen LogP contribution in [0, 0.1) is 0 Å². The van der Waals surface area contributed by atoms with Gasteiger partial charge in [-0.25, -0.2) is 4.98 Å². The number of nitrogens with zero attached hydrogens (tertiary/aromatic N) is 4. The number of benzene rings is 1. The van der Waals surface area contributed by atoms with Gasteiger partial charge in [-0.05, 0) is 23.8 Å². The average Bonchev–Trinajstić information content (AvgIpc) is 2.92. The highest BCUT2D eigenvalue weighted by Gasteiger charge is 2.14. The predicted molar refractivity (Wildman–Crippen MR) is 90.4 cm³/mol. The van der Waals surface area contributed by atoms with Crippen molar-refractivity contribution >= 4 is 39.0 Å². The standard InChI is InChI=1S/C17H15N4S/c1-20-9-7-12(13-5-3-4-6-15(13)20)11-16-18-14-8-10-21(2)19-17(14)22-16/h3-11H,1-2H3/q+1. The zero-order valence-electron chi connectivity index (χ0n) is 12.4. The molecule has 22 heavy (non-hydrogen) atoms. The minimum atomic E-state index is 0.945. The summed E-state index contributed by atoms with van der Waals surface area (Å²) in [6.45, 7) is 0. The van der Waals surface area contributed by atoms with Crippen LogP contribution >= 0.6 is 11.3 Å². The summed E-state index contributed by atoms with van der Waals surface area (Å²) in [5.41, 5.74) is 4.56. The first-order chi connectivity index (χ1) is 10.7. The van der Waals surface area contributed by atoms with Crippen LogP contribution in [0.1, 0.15) is 10.6 Å². The molecule has 108 valence electrons. The Morgan fingerprint density at radius 1 is 1.23 bits per heavy atom. The fourth-order valence-electron chi connectivity index (χ4n) is 2.58. The molecule has 5 heteroatoms. The summed E-state index contributed by atoms with van der Waals surface area (Å²) in [6, 6.07) is 10.4. The number of aryl methyl sites for hydroxylation is 1. The number of aromatic nitrogens is 3. The molecule has 1 aliphatic rings. The van der Waals surface area contributed by atoms with E-state index < -0.39 is 0 Å². The van der Waals surface area contributed by atoms with Crippen LogP contribution in [0.5, 0.6) is 0 Å². The summed E-state index contributed by atoms with van der Waals surface area (Å²) in [6.07, 6.45) is 8.26. The van der Waals surface area contributed by atoms with E-state index in [2.05, 4.69) is 64.6 Å². The van der Waals surface area contributed by atoms with Crippen LogP contribution in [0.25, 0.3) is 22.0 Å². The van der Waals surface area contributed by atoms with E-state index in [0.717, 1.165) is 15.4 Å². The second kappa shape index (κ2) is 5.03. The number of hydrogen-bond acceptors (Lipinski definition) is 4. The molecule has 0 saturated heterocycles. The Hall–Kier alpha value is -2.53. The van der Waals surface area contributed by atoms with Crippen molar-refractivity contribution in [1.29, 1.82) is 0 Å². The number of allylic oxidation sites excluding steroid dienone is 2. The molecule has 1 aromatic carbocycles. The zero-order chi connectivity index (χ0) is 15.1. The Balaban J connectivity index is 1.83. The lowest BCUT2D eigenvalue weighted by atomic mass is 10.0. The Bertz CT molecular complexity index is 923. The summed E-state index contributed by atoms with van der Waals surface area (Å²) in [5, 5.41) is 5.44. The number of para-hydroxylation sites is 1. The monoisotopic (exact) mass is 307 g/mol. The van der Waals surface area contributed by atoms with Gasteiger partial charge in [-0.3, -0.25) is 0 Å². The molecule has 3 heterocycles. The average molecular weight is 307 g/mol. The van der Waals surface area contributed by atoms with Gasteiger partial charge in [0.2, 0.25) is 4.83 Å². The van der Waals surface area contributed by atoms with Crippen LogP contribution in [-0.4, -0.2) is 17.1 Å². The molecule has 0 spiro atoms. The molecule has 0 fully saturated rings. The second-order valence-electron chi connectivity index (χ2n) is 5.28. The number of thiazole rings is 1. The van der Waals surface area contributed by atoms with Crippen molar-refractivity contribution in [3.63, 3.8) is 0 Å². The van der Waals surface area contributed by atoms with Gasteiger partial charge in [-0.15, -0.1) is 0 Å². The SMILES string of the molecule is CN1C=C/C(=C\c2nc3cc[n+](C)nc3s2)c2ccccc21. The van der Waals surface area contributed by atoms with Crippen molar-refractivity contribution in [3.05, 3.63) is 59.4 Å². The maximum atomic E-state index is 4.66. The number of rotatable bonds is 1. The van der Waals surface area contributed by atoms with Gasteiger partial charge in [0.1, 0.15) is 10.5 Å². The highest BCUT2D eigenvalue weighted by molar-refractivity contribution is 7.18. The molecule has 0 aliphatic carbocycles. The van der Waals surface area contributed by atoms with Crippen LogP contribution in [-0.2, 0) is 7.05 Å². The van der Waals surface area contributed by atoms with Gasteiger partial charge in [-0.1, -0.05) is 34.2 Å². The van der Waals surface area contributed by atoms with Crippen molar-refractivity contribution in [2.75, 3.05) is 11.9 Å². The van der Waals surface area contributed by atoms with Crippen LogP contribution in [0.15, 0.2) is 48.8 Å². The smallest absolute Gasteiger partial charge is 0.211 e. The third-order valence-electron chi connectivity index (χ3n) is 3.70. The van der Waals surface area contributed by atoms with E-state index in [1.165, 1.54) is 16.8 Å². The fraction of sp³-hybridized carbons (Fsp3) is 0.118. The van der Waals surface area contributed by atoms with Gasteiger partial charge in [0, 0.05) is 35.7 Å². The lowest BCUT2D eigenvalue weighted by Crippen LogP contribution is -2.31. The largest absolute Gasteiger partial charge is 0.351 e. The van der Waals surface area contributed by atoms with Crippen molar-refractivity contribution in [3.8, 4) is 0 Å². The van der Waals surface area contributed by atoms with E-state index >= 15 is 0 Å². The van der Waals surface area contributed by atoms with Gasteiger partial charge >= 0.3 is 0 Å². The minimum absolute atomic E-state index is 0.945. The van der Waals surface area contributed by atoms with Gasteiger partial charge in [-0.2, -0.15) is 0 Å². The zero-order valence-corrected chi connectivity index (χ0v) is 13.2. The summed E-state index contributed by atoms with van der Waals surface area (Å²) < 4.78 is 1.81. The summed E-state index contributed by atoms with van der Waals surface area (Å²) >= 11 is 1.61. The van der Waals surface area contributed by atoms with Gasteiger partial charge in [0.05, 0.1) is 0 Å². The summed E-state index contributed by atoms with van der Waals surface area (Å²) in [7, 11) is 3.99. The first-order valence-corrected chi connectivity index (χ1v) is 7.88. The minimum Gasteiger partial charge on any atom is -0.351 e. The summed E-state index contributed by atoms with van der Waals surface area (Å²) in [5.74, 6) is 0. The van der Waals surface area contributed by atoms with Crippen LogP contribution < -0.4 is 9.58 Å². The Kier molecular flexibility index (Phi) is 3.01. The Morgan fingerprint density at radius 2 is 2.09 bits per heavy atom. The molecule has 0 bridgehead atoms. The van der Waals surface area contributed by atoms with E-state index in [9.17, 15) is 0 Å². The lowest BCUT2D eigenvalue weighted by Gasteiger charge is -2.23. The first-order valence-electron chi connectivity index (χ1n) is 7.06. The molecule has 0 saturated carbocycles. The first kappa shape index (κ1) is 13.2. The summed E-state index contributed by atoms with van der Waals surface area (Å²) in [4.78, 5) is 7.75. The molecule has 0 amide bonds. The van der Waals surface area contributed by atoms with Gasteiger partial charge < -0.3 is 4.90 Å². The third kappa shape index (κ3) is 2.19. The molecule has 4 rings (SSSR count). The van der Waals surface area contributed by atoms with Crippen molar-refractivity contribution in [2.45, 2.75) is 0 Å². The molecule has 0 radical (unpaired) electrons. The molecule has 2 aromatic heterocycles. The van der Waals surface area contributed by atoms with E-state index in [1.54, 1.807) is 11.3 Å². The van der Waals surface area contributed by atoms with E-state index in [4.69, 9.17) is 0 Å². The fourth-order valence-corrected chi connectivity index (χ4v) is 3.50. The molecule has 4 nitrogen and oxygen atoms in total. The van der Waals surface area contributed by atoms with Gasteiger partial charge in [0.15, 0.2) is 13.2 Å². The van der Waals surface area contributed by atoms with E-state index in [-0.39, 0.29) is 0 Å². The quantitative estimate of drug-likeness (QED) is 0.648. The lowest BCUT2D eigenvalue weighted by molar-refractivity contribution is -0.728. The molecule has 1 aliphatic heterocycles. The Labute approximate surface area is 132 Å². The van der Waals surface area contributed by atoms with Crippen molar-refractivity contribution in [2.24, 2.45) is 7.05 Å². The second-order valence-corrected chi connectivity index (χ2v) is 6.28. The van der Waals surface area contributed by atoms with Crippen molar-refractivity contribution < 1.29 is 4.68 Å². The topological polar surface area (TPSA) is 32.9 Å². The predicted octanol–water partition coefficient (Wildman–Crippen LogP) is 3.02. The molecular weight excluding hydrogens is 292 g/mol. The molecular formula is C17H15N4S+. The number of hydrogen-bond donors (Lipinski definition) is 0. The van der Waals surface area contributed by atoms with Gasteiger partial charge in [0.25, 0.3) is 0 Å². The third-order valence-corrected chi connectivity index (χ3v) is 4.60. The molecule has 0 atom stereocenters. The number of anilines is 1. The molecule has 0 unspecified atom stereocenters. The van der Waals surface area contributed by atoms with E-state index in [0.29, 0.717) is 0 Å². The maximum Gasteiger partial charge on any atom is 0.211 e. The van der Waals surface area contributed by atoms with E-state index in [1.807, 2.05) is 24.0 Å². The maximum absolute atomic E-state index is 4.66. The normalized spacial score (nSPS) is 15.5. The highest BCUT2D eigenvalue weighted by atomic mass is 32.1. The van der Waals surface area contributed by atoms with Crippen LogP contribution in [0.2, 0.25) is 0 Å². The van der Waals surface area contributed by atoms with Crippen LogP contribution in [0.4, 0.5) is 5.69 Å². The Morgan fingerprint density at radius 3 is 3.00 bits per heavy atom. The molecule has 3 aromatic rings. The van der Waals surface area contributed by atoms with Crippen molar-refractivity contribution in [1.82, 2.24) is 10.1 Å². The van der Waals surface area contributed by atoms with Crippen LogP contribution in [0.3, 0.4) is 0 Å². The molecule has 0 N–H and O–H groups in total.